The molecule has 0 saturated heterocycles. The van der Waals surface area contributed by atoms with Crippen LogP contribution >= 0.6 is 0 Å². The van der Waals surface area contributed by atoms with E-state index in [0.29, 0.717) is 18.8 Å². The molecule has 0 bridgehead atoms. The molecule has 4 N–H and O–H groups in total. The van der Waals surface area contributed by atoms with Crippen molar-refractivity contribution in [2.24, 2.45) is 11.8 Å². The number of amides is 4. The van der Waals surface area contributed by atoms with Gasteiger partial charge < -0.3 is 21.3 Å². The molecule has 4 atom stereocenters. The minimum Gasteiger partial charge on any atom is -0.347 e. The fourth-order valence-electron chi connectivity index (χ4n) is 4.68. The molecule has 2 rings (SSSR count). The van der Waals surface area contributed by atoms with Gasteiger partial charge in [0, 0.05) is 35.8 Å². The normalized spacial score (nSPS) is 19.3. The average molecular weight is 541 g/mol. The summed E-state index contributed by atoms with van der Waals surface area (Å²) < 4.78 is 11.7. The summed E-state index contributed by atoms with van der Waals surface area (Å²) in [5.74, 6) is -2.38. The van der Waals surface area contributed by atoms with Gasteiger partial charge in [-0.15, -0.1) is 0 Å². The quantitative estimate of drug-likeness (QED) is 0.228. The molecule has 37 heavy (non-hydrogen) atoms. The molecule has 2 aliphatic carbocycles. The highest BCUT2D eigenvalue weighted by Gasteiger charge is 2.34. The van der Waals surface area contributed by atoms with Crippen molar-refractivity contribution in [2.45, 2.75) is 109 Å². The fraction of sp³-hybridized carbons (Fsp3) is 0.808. The first-order valence-corrected chi connectivity index (χ1v) is 15.2. The molecule has 0 spiro atoms. The van der Waals surface area contributed by atoms with Crippen LogP contribution in [0.5, 0.6) is 0 Å². The zero-order chi connectivity index (χ0) is 27.5. The third-order valence-corrected chi connectivity index (χ3v) is 7.60. The highest BCUT2D eigenvalue weighted by Crippen LogP contribution is 2.27. The van der Waals surface area contributed by atoms with E-state index in [1.807, 2.05) is 13.8 Å². The smallest absolute Gasteiger partial charge is 0.289 e. The van der Waals surface area contributed by atoms with E-state index in [1.165, 1.54) is 19.6 Å². The Morgan fingerprint density at radius 3 is 1.97 bits per heavy atom. The molecule has 4 amide bonds. The Morgan fingerprint density at radius 2 is 1.43 bits per heavy atom. The Kier molecular flexibility index (Phi) is 12.7. The van der Waals surface area contributed by atoms with E-state index in [2.05, 4.69) is 21.3 Å². The van der Waals surface area contributed by atoms with Crippen LogP contribution in [0.1, 0.15) is 85.0 Å². The molecule has 2 aliphatic rings. The van der Waals surface area contributed by atoms with Crippen molar-refractivity contribution in [3.05, 3.63) is 0 Å². The first-order chi connectivity index (χ1) is 17.5. The second-order valence-corrected chi connectivity index (χ2v) is 12.5. The lowest BCUT2D eigenvalue weighted by atomic mass is 9.84. The molecule has 0 heterocycles. The Bertz CT molecular complexity index is 854. The second kappa shape index (κ2) is 15.2. The van der Waals surface area contributed by atoms with Crippen LogP contribution in [0.2, 0.25) is 0 Å². The van der Waals surface area contributed by atoms with Crippen molar-refractivity contribution in [1.82, 2.24) is 21.3 Å². The van der Waals surface area contributed by atoms with Gasteiger partial charge in [-0.2, -0.15) is 0 Å². The molecular formula is C26H44N4O6S. The molecule has 0 aromatic heterocycles. The number of carbonyl (C=O) groups excluding carboxylic acids is 5. The van der Waals surface area contributed by atoms with Gasteiger partial charge in [0.2, 0.25) is 23.5 Å². The van der Waals surface area contributed by atoms with E-state index in [0.717, 1.165) is 38.5 Å². The average Bonchev–Trinajstić information content (AvgIpc) is 3.64. The molecule has 210 valence electrons. The van der Waals surface area contributed by atoms with Crippen LogP contribution in [0.3, 0.4) is 0 Å². The monoisotopic (exact) mass is 540 g/mol. The van der Waals surface area contributed by atoms with Gasteiger partial charge in [-0.3, -0.25) is 28.2 Å². The number of carbonyl (C=O) groups is 5. The highest BCUT2D eigenvalue weighted by molar-refractivity contribution is 7.84. The molecule has 10 nitrogen and oxygen atoms in total. The zero-order valence-corrected chi connectivity index (χ0v) is 23.4. The molecule has 0 aromatic carbocycles. The van der Waals surface area contributed by atoms with Crippen LogP contribution in [0.4, 0.5) is 0 Å². The maximum Gasteiger partial charge on any atom is 0.289 e. The summed E-state index contributed by atoms with van der Waals surface area (Å²) in [6.07, 6.45) is 9.36. The van der Waals surface area contributed by atoms with Crippen LogP contribution in [0.25, 0.3) is 0 Å². The summed E-state index contributed by atoms with van der Waals surface area (Å²) >= 11 is 0. The number of rotatable bonds is 15. The molecular weight excluding hydrogens is 496 g/mol. The SMILES string of the molecule is CC(=O)N[C@@H](CC1CCCCC1)C(=O)N[C@@H](CC(C)C)C(=O)N[C@@H](CCS(C)=O)C(=O)C(=O)NC1CC1. The maximum absolute atomic E-state index is 13.3. The van der Waals surface area contributed by atoms with Crippen LogP contribution in [0.15, 0.2) is 0 Å². The van der Waals surface area contributed by atoms with Gasteiger partial charge in [0.1, 0.15) is 12.1 Å². The molecule has 0 radical (unpaired) electrons. The summed E-state index contributed by atoms with van der Waals surface area (Å²) in [6.45, 7) is 5.18. The number of hydrogen-bond donors (Lipinski definition) is 4. The van der Waals surface area contributed by atoms with E-state index >= 15 is 0 Å². The first kappa shape index (κ1) is 30.9. The summed E-state index contributed by atoms with van der Waals surface area (Å²) in [6, 6.07) is -2.87. The molecule has 1 unspecified atom stereocenters. The molecule has 0 aliphatic heterocycles. The Balaban J connectivity index is 2.12. The van der Waals surface area contributed by atoms with Crippen LogP contribution in [-0.4, -0.2) is 69.8 Å². The van der Waals surface area contributed by atoms with Crippen LogP contribution < -0.4 is 21.3 Å². The Labute approximate surface area is 222 Å². The third kappa shape index (κ3) is 11.7. The lowest BCUT2D eigenvalue weighted by Gasteiger charge is -2.29. The highest BCUT2D eigenvalue weighted by atomic mass is 32.2. The topological polar surface area (TPSA) is 151 Å². The Morgan fingerprint density at radius 1 is 0.838 bits per heavy atom. The third-order valence-electron chi connectivity index (χ3n) is 6.79. The zero-order valence-electron chi connectivity index (χ0n) is 22.6. The standard InChI is InChI=1S/C26H44N4O6S/c1-16(2)14-21(30-25(34)22(27-17(3)31)15-18-8-6-5-7-9-18)24(33)29-20(12-13-37(4)36)23(32)26(35)28-19-10-11-19/h16,18-22H,5-15H2,1-4H3,(H,27,31)(H,28,35)(H,29,33)(H,30,34)/t20-,21-,22-,37?/m0/s1. The lowest BCUT2D eigenvalue weighted by molar-refractivity contribution is -0.140. The van der Waals surface area contributed by atoms with Gasteiger partial charge in [-0.05, 0) is 43.9 Å². The van der Waals surface area contributed by atoms with Gasteiger partial charge in [0.15, 0.2) is 0 Å². The maximum atomic E-state index is 13.3. The summed E-state index contributed by atoms with van der Waals surface area (Å²) in [5.41, 5.74) is 0. The van der Waals surface area contributed by atoms with E-state index < -0.39 is 52.4 Å². The predicted octanol–water partition coefficient (Wildman–Crippen LogP) is 1.09. The van der Waals surface area contributed by atoms with Crippen molar-refractivity contribution in [1.29, 1.82) is 0 Å². The number of ketones is 1. The molecule has 2 saturated carbocycles. The first-order valence-electron chi connectivity index (χ1n) is 13.5. The summed E-state index contributed by atoms with van der Waals surface area (Å²) in [7, 11) is -1.22. The largest absolute Gasteiger partial charge is 0.347 e. The van der Waals surface area contributed by atoms with E-state index in [-0.39, 0.29) is 30.0 Å². The van der Waals surface area contributed by atoms with Crippen molar-refractivity contribution in [2.75, 3.05) is 12.0 Å². The molecule has 0 aromatic rings. The van der Waals surface area contributed by atoms with E-state index in [4.69, 9.17) is 0 Å². The van der Waals surface area contributed by atoms with E-state index in [9.17, 15) is 28.2 Å². The van der Waals surface area contributed by atoms with Gasteiger partial charge in [0.05, 0.1) is 6.04 Å². The molecule has 11 heteroatoms. The van der Waals surface area contributed by atoms with Crippen LogP contribution in [0, 0.1) is 11.8 Å². The Hall–Kier alpha value is -2.30. The number of nitrogens with one attached hydrogen (secondary N) is 4. The second-order valence-electron chi connectivity index (χ2n) is 10.9. The van der Waals surface area contributed by atoms with Crippen LogP contribution in [-0.2, 0) is 34.8 Å². The van der Waals surface area contributed by atoms with Gasteiger partial charge in [0.25, 0.3) is 5.91 Å². The van der Waals surface area contributed by atoms with Gasteiger partial charge >= 0.3 is 0 Å². The van der Waals surface area contributed by atoms with E-state index in [1.54, 1.807) is 0 Å². The predicted molar refractivity (Wildman–Crippen MR) is 142 cm³/mol. The van der Waals surface area contributed by atoms with Gasteiger partial charge in [-0.25, -0.2) is 0 Å². The summed E-state index contributed by atoms with van der Waals surface area (Å²) in [5, 5.41) is 10.8. The van der Waals surface area contributed by atoms with Crippen molar-refractivity contribution in [3.8, 4) is 0 Å². The van der Waals surface area contributed by atoms with Gasteiger partial charge in [-0.1, -0.05) is 46.0 Å². The minimum absolute atomic E-state index is 0.0176. The fourth-order valence-corrected chi connectivity index (χ4v) is 5.24. The van der Waals surface area contributed by atoms with Crippen molar-refractivity contribution >= 4 is 40.2 Å². The number of hydrogen-bond acceptors (Lipinski definition) is 6. The molecule has 2 fully saturated rings. The minimum atomic E-state index is -1.22. The van der Waals surface area contributed by atoms with Crippen molar-refractivity contribution < 1.29 is 28.2 Å². The van der Waals surface area contributed by atoms with Crippen molar-refractivity contribution in [3.63, 3.8) is 0 Å². The summed E-state index contributed by atoms with van der Waals surface area (Å²) in [4.78, 5) is 63.5. The number of Topliss-reactive ketones (excluding diaryl/α,β-unsaturated/α-hetero) is 1. The lowest BCUT2D eigenvalue weighted by Crippen LogP contribution is -2.57.